The fourth-order valence-electron chi connectivity index (χ4n) is 1.53. The second-order valence-electron chi connectivity index (χ2n) is 4.05. The van der Waals surface area contributed by atoms with Crippen LogP contribution in [-0.4, -0.2) is 10.7 Å². The topological polar surface area (TPSA) is 20.2 Å². The first-order valence-corrected chi connectivity index (χ1v) is 5.47. The van der Waals surface area contributed by atoms with Crippen LogP contribution in [0.4, 0.5) is 4.39 Å². The number of rotatable bonds is 2. The molecule has 1 aromatic carbocycles. The summed E-state index contributed by atoms with van der Waals surface area (Å²) in [7, 11) is 0. The molecule has 2 rings (SSSR count). The van der Waals surface area contributed by atoms with Gasteiger partial charge in [0, 0.05) is 10.9 Å². The van der Waals surface area contributed by atoms with Crippen molar-refractivity contribution in [2.45, 2.75) is 31.8 Å². The summed E-state index contributed by atoms with van der Waals surface area (Å²) in [6, 6.07) is 3.57. The maximum Gasteiger partial charge on any atom is 0.130 e. The Hall–Kier alpha value is -0.410. The Bertz CT molecular complexity index is 372. The molecular weight excluding hydrogens is 247 g/mol. The van der Waals surface area contributed by atoms with Crippen molar-refractivity contribution in [1.82, 2.24) is 0 Å². The van der Waals surface area contributed by atoms with Gasteiger partial charge in [-0.05, 0) is 37.0 Å². The van der Waals surface area contributed by atoms with Crippen molar-refractivity contribution in [3.05, 3.63) is 33.5 Å². The van der Waals surface area contributed by atoms with Gasteiger partial charge in [-0.3, -0.25) is 0 Å². The average molecular weight is 259 g/mol. The number of hydrogen-bond acceptors (Lipinski definition) is 1. The highest BCUT2D eigenvalue weighted by molar-refractivity contribution is 9.10. The predicted octanol–water partition coefficient (Wildman–Crippen LogP) is 2.96. The number of aliphatic hydroxyl groups is 1. The van der Waals surface area contributed by atoms with Crippen LogP contribution in [0.25, 0.3) is 0 Å². The van der Waals surface area contributed by atoms with E-state index in [0.29, 0.717) is 17.5 Å². The zero-order valence-electron chi connectivity index (χ0n) is 7.98. The second kappa shape index (κ2) is 3.31. The van der Waals surface area contributed by atoms with Crippen molar-refractivity contribution in [3.63, 3.8) is 0 Å². The normalized spacial score (nSPS) is 18.3. The molecule has 0 atom stereocenters. The predicted molar refractivity (Wildman–Crippen MR) is 56.7 cm³/mol. The molecule has 0 heterocycles. The van der Waals surface area contributed by atoms with Crippen LogP contribution < -0.4 is 0 Å². The molecule has 0 radical (unpaired) electrons. The van der Waals surface area contributed by atoms with Crippen LogP contribution >= 0.6 is 15.9 Å². The van der Waals surface area contributed by atoms with Crippen molar-refractivity contribution in [1.29, 1.82) is 0 Å². The summed E-state index contributed by atoms with van der Waals surface area (Å²) in [5.74, 6) is -0.195. The van der Waals surface area contributed by atoms with Crippen molar-refractivity contribution in [3.8, 4) is 0 Å². The largest absolute Gasteiger partial charge is 0.390 e. The lowest BCUT2D eigenvalue weighted by Crippen LogP contribution is -2.12. The molecule has 1 nitrogen and oxygen atoms in total. The lowest BCUT2D eigenvalue weighted by molar-refractivity contribution is 0.149. The lowest BCUT2D eigenvalue weighted by Gasteiger charge is -2.10. The molecule has 0 bridgehead atoms. The Morgan fingerprint density at radius 1 is 1.50 bits per heavy atom. The van der Waals surface area contributed by atoms with E-state index < -0.39 is 5.60 Å². The van der Waals surface area contributed by atoms with Gasteiger partial charge in [0.15, 0.2) is 0 Å². The number of hydrogen-bond donors (Lipinski definition) is 1. The van der Waals surface area contributed by atoms with Crippen LogP contribution in [0, 0.1) is 12.7 Å². The van der Waals surface area contributed by atoms with E-state index in [4.69, 9.17) is 0 Å². The van der Waals surface area contributed by atoms with E-state index in [1.165, 1.54) is 0 Å². The van der Waals surface area contributed by atoms with Gasteiger partial charge in [0.1, 0.15) is 5.82 Å². The summed E-state index contributed by atoms with van der Waals surface area (Å²) in [4.78, 5) is 0. The molecule has 0 spiro atoms. The molecule has 1 aliphatic rings. The maximum absolute atomic E-state index is 13.7. The summed E-state index contributed by atoms with van der Waals surface area (Å²) in [6.45, 7) is 1.74. The van der Waals surface area contributed by atoms with Gasteiger partial charge in [-0.1, -0.05) is 22.0 Å². The zero-order chi connectivity index (χ0) is 10.3. The van der Waals surface area contributed by atoms with Crippen molar-refractivity contribution >= 4 is 15.9 Å². The third-order valence-corrected chi connectivity index (χ3v) is 3.61. The number of benzene rings is 1. The van der Waals surface area contributed by atoms with E-state index in [1.54, 1.807) is 13.0 Å². The van der Waals surface area contributed by atoms with Crippen LogP contribution in [0.15, 0.2) is 16.6 Å². The van der Waals surface area contributed by atoms with Crippen LogP contribution in [0.3, 0.4) is 0 Å². The minimum absolute atomic E-state index is 0.195. The molecule has 76 valence electrons. The SMILES string of the molecule is Cc1c(Br)ccc(CC2(O)CC2)c1F. The van der Waals surface area contributed by atoms with Gasteiger partial charge in [-0.25, -0.2) is 4.39 Å². The molecule has 3 heteroatoms. The molecule has 0 unspecified atom stereocenters. The minimum Gasteiger partial charge on any atom is -0.390 e. The fourth-order valence-corrected chi connectivity index (χ4v) is 1.84. The van der Waals surface area contributed by atoms with Gasteiger partial charge in [-0.15, -0.1) is 0 Å². The molecule has 1 aromatic rings. The smallest absolute Gasteiger partial charge is 0.130 e. The van der Waals surface area contributed by atoms with E-state index in [9.17, 15) is 9.50 Å². The lowest BCUT2D eigenvalue weighted by atomic mass is 10.0. The first-order chi connectivity index (χ1) is 6.52. The molecule has 1 N–H and O–H groups in total. The van der Waals surface area contributed by atoms with E-state index in [-0.39, 0.29) is 5.82 Å². The Morgan fingerprint density at radius 3 is 2.71 bits per heavy atom. The second-order valence-corrected chi connectivity index (χ2v) is 4.90. The van der Waals surface area contributed by atoms with Crippen LogP contribution in [-0.2, 0) is 6.42 Å². The average Bonchev–Trinajstić information content (AvgIpc) is 2.86. The summed E-state index contributed by atoms with van der Waals surface area (Å²) >= 11 is 3.27. The number of halogens is 2. The van der Waals surface area contributed by atoms with Gasteiger partial charge in [0.25, 0.3) is 0 Å². The van der Waals surface area contributed by atoms with Crippen LogP contribution in [0.2, 0.25) is 0 Å². The molecular formula is C11H12BrFO. The summed E-state index contributed by atoms with van der Waals surface area (Å²) in [5, 5.41) is 9.69. The first-order valence-electron chi connectivity index (χ1n) is 4.68. The van der Waals surface area contributed by atoms with E-state index in [1.807, 2.05) is 6.07 Å². The molecule has 1 saturated carbocycles. The van der Waals surface area contributed by atoms with Crippen molar-refractivity contribution in [2.24, 2.45) is 0 Å². The first kappa shape index (κ1) is 10.1. The van der Waals surface area contributed by atoms with E-state index in [0.717, 1.165) is 17.3 Å². The Labute approximate surface area is 91.1 Å². The Balaban J connectivity index is 2.30. The third kappa shape index (κ3) is 1.84. The molecule has 14 heavy (non-hydrogen) atoms. The highest BCUT2D eigenvalue weighted by atomic mass is 79.9. The van der Waals surface area contributed by atoms with Crippen LogP contribution in [0.5, 0.6) is 0 Å². The standard InChI is InChI=1S/C11H12BrFO/c1-7-9(12)3-2-8(10(7)13)6-11(14)4-5-11/h2-3,14H,4-6H2,1H3. The molecule has 1 fully saturated rings. The summed E-state index contributed by atoms with van der Waals surface area (Å²) < 4.78 is 14.5. The van der Waals surface area contributed by atoms with Crippen molar-refractivity contribution < 1.29 is 9.50 Å². The summed E-state index contributed by atoms with van der Waals surface area (Å²) in [5.41, 5.74) is 0.610. The Morgan fingerprint density at radius 2 is 2.14 bits per heavy atom. The van der Waals surface area contributed by atoms with Gasteiger partial charge in [-0.2, -0.15) is 0 Å². The third-order valence-electron chi connectivity index (χ3n) is 2.75. The highest BCUT2D eigenvalue weighted by Gasteiger charge is 2.40. The van der Waals surface area contributed by atoms with Gasteiger partial charge in [0.2, 0.25) is 0 Å². The molecule has 0 saturated heterocycles. The van der Waals surface area contributed by atoms with E-state index in [2.05, 4.69) is 15.9 Å². The van der Waals surface area contributed by atoms with Crippen molar-refractivity contribution in [2.75, 3.05) is 0 Å². The minimum atomic E-state index is -0.624. The highest BCUT2D eigenvalue weighted by Crippen LogP contribution is 2.39. The maximum atomic E-state index is 13.7. The molecule has 0 aromatic heterocycles. The van der Waals surface area contributed by atoms with Gasteiger partial charge >= 0.3 is 0 Å². The Kier molecular flexibility index (Phi) is 2.40. The quantitative estimate of drug-likeness (QED) is 0.865. The monoisotopic (exact) mass is 258 g/mol. The molecule has 1 aliphatic carbocycles. The van der Waals surface area contributed by atoms with Gasteiger partial charge < -0.3 is 5.11 Å². The van der Waals surface area contributed by atoms with Gasteiger partial charge in [0.05, 0.1) is 5.60 Å². The summed E-state index contributed by atoms with van der Waals surface area (Å²) in [6.07, 6.45) is 2.02. The molecule has 0 amide bonds. The fraction of sp³-hybridized carbons (Fsp3) is 0.455. The van der Waals surface area contributed by atoms with E-state index >= 15 is 0 Å². The van der Waals surface area contributed by atoms with Crippen LogP contribution in [0.1, 0.15) is 24.0 Å². The zero-order valence-corrected chi connectivity index (χ0v) is 9.57. The molecule has 0 aliphatic heterocycles.